The first-order valence-corrected chi connectivity index (χ1v) is 13.9. The Morgan fingerprint density at radius 1 is 0.913 bits per heavy atom. The Morgan fingerprint density at radius 2 is 1.46 bits per heavy atom. The van der Waals surface area contributed by atoms with Crippen molar-refractivity contribution in [2.24, 2.45) is 16.5 Å². The zero-order valence-electron chi connectivity index (χ0n) is 23.8. The van der Waals surface area contributed by atoms with E-state index in [9.17, 15) is 31.1 Å². The number of aliphatic imine (C=N–C) groups is 1. The van der Waals surface area contributed by atoms with Gasteiger partial charge in [-0.25, -0.2) is 19.6 Å². The van der Waals surface area contributed by atoms with Crippen LogP contribution in [0.25, 0.3) is 10.9 Å². The molecular weight excluding hydrogens is 696 g/mol. The Labute approximate surface area is 265 Å². The number of amides is 1. The molecule has 4 rings (SSSR count). The van der Waals surface area contributed by atoms with Crippen molar-refractivity contribution in [2.75, 3.05) is 10.6 Å². The van der Waals surface area contributed by atoms with Crippen LogP contribution < -0.4 is 22.1 Å². The van der Waals surface area contributed by atoms with Gasteiger partial charge in [0.1, 0.15) is 5.82 Å². The summed E-state index contributed by atoms with van der Waals surface area (Å²) in [5.41, 5.74) is 13.7. The van der Waals surface area contributed by atoms with Crippen molar-refractivity contribution in [3.63, 3.8) is 0 Å². The second kappa shape index (κ2) is 16.1. The molecular formula is C27H28BrF6N7O5. The fraction of sp³-hybridized carbons (Fsp3) is 0.333. The van der Waals surface area contributed by atoms with Gasteiger partial charge in [-0.3, -0.25) is 10.1 Å². The van der Waals surface area contributed by atoms with Gasteiger partial charge in [-0.15, -0.1) is 0 Å². The molecule has 19 heteroatoms. The summed E-state index contributed by atoms with van der Waals surface area (Å²) in [6, 6.07) is 13.1. The molecule has 1 amide bonds. The largest absolute Gasteiger partial charge is 0.490 e. The van der Waals surface area contributed by atoms with E-state index in [2.05, 4.69) is 41.5 Å². The molecule has 2 atom stereocenters. The van der Waals surface area contributed by atoms with Crippen LogP contribution in [-0.4, -0.2) is 68.4 Å². The molecule has 12 nitrogen and oxygen atoms in total. The molecule has 0 spiro atoms. The average Bonchev–Trinajstić information content (AvgIpc) is 2.94. The lowest BCUT2D eigenvalue weighted by molar-refractivity contribution is -0.193. The lowest BCUT2D eigenvalue weighted by atomic mass is 9.90. The highest BCUT2D eigenvalue weighted by molar-refractivity contribution is 9.10. The number of hydrogen-bond acceptors (Lipinski definition) is 7. The van der Waals surface area contributed by atoms with Crippen LogP contribution in [0.15, 0.2) is 51.9 Å². The number of nitrogens with zero attached hydrogens (tertiary/aromatic N) is 3. The van der Waals surface area contributed by atoms with E-state index in [1.54, 1.807) is 12.1 Å². The Bertz CT molecular complexity index is 1540. The van der Waals surface area contributed by atoms with E-state index in [0.717, 1.165) is 46.6 Å². The number of aromatic nitrogens is 2. The number of benzene rings is 2. The second-order valence-electron chi connectivity index (χ2n) is 9.64. The number of aliphatic carboxylic acids is 2. The van der Waals surface area contributed by atoms with Gasteiger partial charge in [0.2, 0.25) is 5.95 Å². The minimum absolute atomic E-state index is 0.0237. The van der Waals surface area contributed by atoms with E-state index in [1.165, 1.54) is 0 Å². The van der Waals surface area contributed by atoms with Crippen LogP contribution in [0.5, 0.6) is 0 Å². The fourth-order valence-electron chi connectivity index (χ4n) is 3.98. The molecule has 250 valence electrons. The highest BCUT2D eigenvalue weighted by Crippen LogP contribution is 2.29. The molecule has 3 aromatic rings. The average molecular weight is 724 g/mol. The smallest absolute Gasteiger partial charge is 0.475 e. The van der Waals surface area contributed by atoms with Gasteiger partial charge in [-0.2, -0.15) is 31.3 Å². The zero-order chi connectivity index (χ0) is 34.8. The zero-order valence-corrected chi connectivity index (χ0v) is 25.4. The van der Waals surface area contributed by atoms with Crippen molar-refractivity contribution >= 4 is 62.4 Å². The number of carboxylic acid groups (broad SMARTS) is 2. The summed E-state index contributed by atoms with van der Waals surface area (Å²) in [6.45, 7) is 2.02. The monoisotopic (exact) mass is 723 g/mol. The van der Waals surface area contributed by atoms with E-state index < -0.39 is 24.3 Å². The summed E-state index contributed by atoms with van der Waals surface area (Å²) in [5.74, 6) is -4.79. The number of hydrogen-bond donors (Lipinski definition) is 6. The van der Waals surface area contributed by atoms with Gasteiger partial charge >= 0.3 is 24.3 Å². The molecule has 1 fully saturated rings. The number of carbonyl (C=O) groups excluding carboxylic acids is 1. The fourth-order valence-corrected chi connectivity index (χ4v) is 4.25. The number of nitrogens with one attached hydrogen (secondary N) is 2. The molecule has 1 aliphatic carbocycles. The first-order valence-electron chi connectivity index (χ1n) is 13.1. The summed E-state index contributed by atoms with van der Waals surface area (Å²) in [4.78, 5) is 44.2. The number of nitrogens with two attached hydrogens (primary N) is 2. The van der Waals surface area contributed by atoms with Crippen LogP contribution in [0, 0.1) is 6.92 Å². The normalized spacial score (nSPS) is 16.1. The van der Waals surface area contributed by atoms with Crippen LogP contribution in [0.3, 0.4) is 0 Å². The summed E-state index contributed by atoms with van der Waals surface area (Å²) in [6.07, 6.45) is -6.16. The van der Waals surface area contributed by atoms with Crippen molar-refractivity contribution in [3.8, 4) is 0 Å². The lowest BCUT2D eigenvalue weighted by Gasteiger charge is -2.30. The SMILES string of the molecule is Cc1ccc2nc(NC(=O)c3ccc(Br)cc3)nc(NC3CCCCC3N=C(N)N)c2c1.O=C(O)C(F)(F)F.O=C(O)C(F)(F)F. The summed E-state index contributed by atoms with van der Waals surface area (Å²) < 4.78 is 64.4. The maximum Gasteiger partial charge on any atom is 0.490 e. The Balaban J connectivity index is 0.000000440. The lowest BCUT2D eigenvalue weighted by Crippen LogP contribution is -2.38. The molecule has 1 aliphatic rings. The molecule has 46 heavy (non-hydrogen) atoms. The van der Waals surface area contributed by atoms with Crippen LogP contribution in [-0.2, 0) is 9.59 Å². The van der Waals surface area contributed by atoms with Crippen LogP contribution in [0.4, 0.5) is 38.1 Å². The molecule has 0 saturated heterocycles. The molecule has 0 radical (unpaired) electrons. The third-order valence-electron chi connectivity index (χ3n) is 6.03. The van der Waals surface area contributed by atoms with Crippen LogP contribution in [0.2, 0.25) is 0 Å². The molecule has 1 heterocycles. The van der Waals surface area contributed by atoms with Crippen molar-refractivity contribution in [3.05, 3.63) is 58.1 Å². The van der Waals surface area contributed by atoms with Crippen molar-refractivity contribution in [1.29, 1.82) is 0 Å². The molecule has 1 saturated carbocycles. The maximum absolute atomic E-state index is 12.7. The highest BCUT2D eigenvalue weighted by atomic mass is 79.9. The Morgan fingerprint density at radius 3 is 1.98 bits per heavy atom. The van der Waals surface area contributed by atoms with E-state index in [1.807, 2.05) is 37.3 Å². The number of alkyl halides is 6. The number of guanidine groups is 1. The molecule has 2 unspecified atom stereocenters. The predicted octanol–water partition coefficient (Wildman–Crippen LogP) is 5.22. The molecule has 0 bridgehead atoms. The number of anilines is 2. The maximum atomic E-state index is 12.7. The van der Waals surface area contributed by atoms with Crippen LogP contribution >= 0.6 is 15.9 Å². The standard InChI is InChI=1S/C23H26BrN7O.2C2HF3O2/c1-13-6-11-17-16(12-13)20(27-18-4-2-3-5-19(18)28-22(25)26)30-23(29-17)31-21(32)14-7-9-15(24)10-8-14;2*3-2(4,5)1(6)7/h6-12,18-19H,2-5H2,1H3,(H4,25,26,28)(H2,27,29,30,31,32);2*(H,6,7). The van der Waals surface area contributed by atoms with Gasteiger partial charge in [0.05, 0.1) is 17.6 Å². The van der Waals surface area contributed by atoms with E-state index >= 15 is 0 Å². The summed E-state index contributed by atoms with van der Waals surface area (Å²) in [7, 11) is 0. The minimum atomic E-state index is -5.08. The first kappa shape index (κ1) is 37.5. The van der Waals surface area contributed by atoms with E-state index in [0.29, 0.717) is 11.4 Å². The topological polar surface area (TPSA) is 206 Å². The van der Waals surface area contributed by atoms with Crippen LogP contribution in [0.1, 0.15) is 41.6 Å². The quantitative estimate of drug-likeness (QED) is 0.115. The first-order chi connectivity index (χ1) is 21.3. The summed E-state index contributed by atoms with van der Waals surface area (Å²) in [5, 5.41) is 21.5. The van der Waals surface area contributed by atoms with Gasteiger partial charge in [0, 0.05) is 15.4 Å². The van der Waals surface area contributed by atoms with Crippen molar-refractivity contribution in [2.45, 2.75) is 57.0 Å². The van der Waals surface area contributed by atoms with Gasteiger partial charge in [0.25, 0.3) is 5.91 Å². The van der Waals surface area contributed by atoms with Gasteiger partial charge in [0.15, 0.2) is 5.96 Å². The van der Waals surface area contributed by atoms with Gasteiger partial charge in [-0.05, 0) is 56.2 Å². The summed E-state index contributed by atoms with van der Waals surface area (Å²) >= 11 is 3.38. The van der Waals surface area contributed by atoms with Gasteiger partial charge < -0.3 is 27.0 Å². The number of carboxylic acids is 2. The molecule has 1 aromatic heterocycles. The van der Waals surface area contributed by atoms with Crippen molar-refractivity contribution in [1.82, 2.24) is 9.97 Å². The number of rotatable bonds is 5. The number of aryl methyl sites for hydroxylation is 1. The molecule has 8 N–H and O–H groups in total. The number of carbonyl (C=O) groups is 3. The number of halogens is 7. The third kappa shape index (κ3) is 12.0. The van der Waals surface area contributed by atoms with E-state index in [4.69, 9.17) is 31.3 Å². The van der Waals surface area contributed by atoms with Crippen molar-refractivity contribution < 1.29 is 50.9 Å². The molecule has 0 aliphatic heterocycles. The highest BCUT2D eigenvalue weighted by Gasteiger charge is 2.39. The predicted molar refractivity (Wildman–Crippen MR) is 159 cm³/mol. The minimum Gasteiger partial charge on any atom is -0.475 e. The third-order valence-corrected chi connectivity index (χ3v) is 6.56. The Kier molecular flexibility index (Phi) is 13.1. The second-order valence-corrected chi connectivity index (χ2v) is 10.6. The molecule has 2 aromatic carbocycles. The van der Waals surface area contributed by atoms with E-state index in [-0.39, 0.29) is 29.9 Å². The van der Waals surface area contributed by atoms with Gasteiger partial charge in [-0.1, -0.05) is 40.4 Å². The Hall–Kier alpha value is -4.68. The number of fused-ring (bicyclic) bond motifs is 1.